The quantitative estimate of drug-likeness (QED) is 0.344. The zero-order valence-corrected chi connectivity index (χ0v) is 14.4. The van der Waals surface area contributed by atoms with Gasteiger partial charge in [-0.25, -0.2) is 9.18 Å². The number of halogens is 4. The van der Waals surface area contributed by atoms with E-state index in [1.165, 1.54) is 18.2 Å². The van der Waals surface area contributed by atoms with Crippen LogP contribution >= 0.6 is 47.0 Å². The molecule has 0 aliphatic heterocycles. The van der Waals surface area contributed by atoms with E-state index in [1.54, 1.807) is 6.07 Å². The Bertz CT molecular complexity index is 613. The van der Waals surface area contributed by atoms with E-state index in [4.69, 9.17) is 52.1 Å². The maximum atomic E-state index is 12.3. The van der Waals surface area contributed by atoms with E-state index in [-0.39, 0.29) is 16.4 Å². The maximum Gasteiger partial charge on any atom is 0.337 e. The Hall–Kier alpha value is -1.35. The monoisotopic (exact) mass is 401 g/mol. The van der Waals surface area contributed by atoms with Gasteiger partial charge in [0.15, 0.2) is 11.8 Å². The highest BCUT2D eigenvalue weighted by Crippen LogP contribution is 2.29. The number of para-hydroxylation sites is 1. The van der Waals surface area contributed by atoms with Crippen molar-refractivity contribution in [3.8, 4) is 0 Å². The van der Waals surface area contributed by atoms with Gasteiger partial charge in [0, 0.05) is 0 Å². The van der Waals surface area contributed by atoms with Crippen molar-refractivity contribution >= 4 is 69.7 Å². The molecule has 1 amide bonds. The Morgan fingerprint density at radius 3 is 2.39 bits per heavy atom. The van der Waals surface area contributed by atoms with E-state index in [0.29, 0.717) is 0 Å². The summed E-state index contributed by atoms with van der Waals surface area (Å²) in [7, 11) is 0. The maximum absolute atomic E-state index is 12.3. The number of carbonyl (C=O) groups is 2. The first kappa shape index (κ1) is 19.7. The van der Waals surface area contributed by atoms with Gasteiger partial charge in [0.25, 0.3) is 5.91 Å². The van der Waals surface area contributed by atoms with Gasteiger partial charge in [-0.2, -0.15) is 0 Å². The Morgan fingerprint density at radius 2 is 1.87 bits per heavy atom. The van der Waals surface area contributed by atoms with E-state index in [2.05, 4.69) is 16.0 Å². The number of aromatic carboxylic acids is 1. The number of benzene rings is 1. The van der Waals surface area contributed by atoms with Gasteiger partial charge in [-0.05, 0) is 24.4 Å². The molecule has 126 valence electrons. The summed E-state index contributed by atoms with van der Waals surface area (Å²) in [5, 5.41) is 16.1. The fourth-order valence-corrected chi connectivity index (χ4v) is 2.02. The van der Waals surface area contributed by atoms with Gasteiger partial charge >= 0.3 is 5.97 Å². The van der Waals surface area contributed by atoms with Crippen molar-refractivity contribution in [1.29, 1.82) is 0 Å². The number of anilines is 1. The molecule has 0 aliphatic carbocycles. The number of nitrogens with one attached hydrogen (secondary N) is 3. The number of alkyl halides is 4. The summed E-state index contributed by atoms with van der Waals surface area (Å²) in [5.41, 5.74) is 0.160. The first-order chi connectivity index (χ1) is 10.6. The number of hydrogen-bond acceptors (Lipinski definition) is 3. The SMILES string of the molecule is O=C(CF)NC(NC(=S)Nc1ccccc1C(=O)O)C(Cl)(Cl)Cl. The first-order valence-electron chi connectivity index (χ1n) is 5.97. The molecule has 0 heterocycles. The van der Waals surface area contributed by atoms with Gasteiger partial charge < -0.3 is 21.1 Å². The lowest BCUT2D eigenvalue weighted by Gasteiger charge is -2.27. The van der Waals surface area contributed by atoms with Crippen LogP contribution in [0.5, 0.6) is 0 Å². The van der Waals surface area contributed by atoms with Crippen molar-refractivity contribution in [2.24, 2.45) is 0 Å². The number of rotatable bonds is 5. The predicted octanol–water partition coefficient (Wildman–Crippen LogP) is 2.45. The second kappa shape index (κ2) is 8.49. The third-order valence-electron chi connectivity index (χ3n) is 2.44. The highest BCUT2D eigenvalue weighted by molar-refractivity contribution is 7.80. The van der Waals surface area contributed by atoms with Crippen molar-refractivity contribution in [1.82, 2.24) is 10.6 Å². The lowest BCUT2D eigenvalue weighted by atomic mass is 10.2. The van der Waals surface area contributed by atoms with Gasteiger partial charge in [-0.3, -0.25) is 4.79 Å². The van der Waals surface area contributed by atoms with Gasteiger partial charge in [0.2, 0.25) is 3.79 Å². The molecule has 0 bridgehead atoms. The molecule has 6 nitrogen and oxygen atoms in total. The molecule has 0 aromatic heterocycles. The molecule has 0 spiro atoms. The van der Waals surface area contributed by atoms with Crippen molar-refractivity contribution in [3.05, 3.63) is 29.8 Å². The van der Waals surface area contributed by atoms with Crippen LogP contribution < -0.4 is 16.0 Å². The van der Waals surface area contributed by atoms with Crippen LogP contribution in [0, 0.1) is 0 Å². The van der Waals surface area contributed by atoms with Crippen molar-refractivity contribution < 1.29 is 19.1 Å². The lowest BCUT2D eigenvalue weighted by Crippen LogP contribution is -2.56. The minimum absolute atomic E-state index is 0.0325. The summed E-state index contributed by atoms with van der Waals surface area (Å²) in [6, 6.07) is 5.97. The molecule has 1 atom stereocenters. The molecule has 11 heteroatoms. The normalized spacial score (nSPS) is 12.2. The molecule has 0 saturated heterocycles. The number of amides is 1. The van der Waals surface area contributed by atoms with Crippen LogP contribution in [-0.4, -0.2) is 38.7 Å². The van der Waals surface area contributed by atoms with Gasteiger partial charge in [0.1, 0.15) is 6.17 Å². The Kier molecular flexibility index (Phi) is 7.27. The molecule has 1 aromatic rings. The average molecular weight is 403 g/mol. The van der Waals surface area contributed by atoms with Crippen molar-refractivity contribution in [3.63, 3.8) is 0 Å². The van der Waals surface area contributed by atoms with Crippen LogP contribution in [0.25, 0.3) is 0 Å². The van der Waals surface area contributed by atoms with Crippen LogP contribution in [0.3, 0.4) is 0 Å². The van der Waals surface area contributed by atoms with Gasteiger partial charge in [0.05, 0.1) is 11.3 Å². The van der Waals surface area contributed by atoms with Crippen LogP contribution in [-0.2, 0) is 4.79 Å². The minimum Gasteiger partial charge on any atom is -0.478 e. The summed E-state index contributed by atoms with van der Waals surface area (Å²) in [4.78, 5) is 22.2. The van der Waals surface area contributed by atoms with Crippen LogP contribution in [0.15, 0.2) is 24.3 Å². The highest BCUT2D eigenvalue weighted by Gasteiger charge is 2.34. The largest absolute Gasteiger partial charge is 0.478 e. The molecule has 0 aliphatic rings. The summed E-state index contributed by atoms with van der Waals surface area (Å²) < 4.78 is 10.3. The highest BCUT2D eigenvalue weighted by atomic mass is 35.6. The fourth-order valence-electron chi connectivity index (χ4n) is 1.47. The number of carboxylic acids is 1. The van der Waals surface area contributed by atoms with E-state index >= 15 is 0 Å². The summed E-state index contributed by atoms with van der Waals surface area (Å²) in [6.07, 6.45) is -1.33. The first-order valence-corrected chi connectivity index (χ1v) is 7.51. The second-order valence-electron chi connectivity index (χ2n) is 4.12. The molecular formula is C12H11Cl3FN3O3S. The smallest absolute Gasteiger partial charge is 0.337 e. The van der Waals surface area contributed by atoms with E-state index in [1.807, 2.05) is 0 Å². The number of hydrogen-bond donors (Lipinski definition) is 4. The molecule has 1 aromatic carbocycles. The van der Waals surface area contributed by atoms with Gasteiger partial charge in [-0.1, -0.05) is 46.9 Å². The van der Waals surface area contributed by atoms with E-state index < -0.39 is 28.5 Å². The van der Waals surface area contributed by atoms with Crippen molar-refractivity contribution in [2.45, 2.75) is 9.96 Å². The number of thiocarbonyl (C=S) groups is 1. The lowest BCUT2D eigenvalue weighted by molar-refractivity contribution is -0.122. The summed E-state index contributed by atoms with van der Waals surface area (Å²) in [6.45, 7) is -1.30. The third kappa shape index (κ3) is 6.34. The molecule has 1 rings (SSSR count). The van der Waals surface area contributed by atoms with Crippen LogP contribution in [0.2, 0.25) is 0 Å². The molecule has 0 saturated carbocycles. The van der Waals surface area contributed by atoms with E-state index in [0.717, 1.165) is 0 Å². The molecule has 4 N–H and O–H groups in total. The van der Waals surface area contributed by atoms with Gasteiger partial charge in [-0.15, -0.1) is 0 Å². The number of carboxylic acid groups (broad SMARTS) is 1. The summed E-state index contributed by atoms with van der Waals surface area (Å²) in [5.74, 6) is -2.18. The minimum atomic E-state index is -2.02. The van der Waals surface area contributed by atoms with E-state index in [9.17, 15) is 14.0 Å². The zero-order valence-electron chi connectivity index (χ0n) is 11.3. The molecular weight excluding hydrogens is 392 g/mol. The number of carbonyl (C=O) groups excluding carboxylic acids is 1. The predicted molar refractivity (Wildman–Crippen MR) is 91.0 cm³/mol. The van der Waals surface area contributed by atoms with Crippen LogP contribution in [0.4, 0.5) is 10.1 Å². The zero-order chi connectivity index (χ0) is 17.6. The Labute approximate surface area is 151 Å². The topological polar surface area (TPSA) is 90.5 Å². The fraction of sp³-hybridized carbons (Fsp3) is 0.250. The van der Waals surface area contributed by atoms with Crippen LogP contribution in [0.1, 0.15) is 10.4 Å². The molecule has 0 fully saturated rings. The molecule has 0 radical (unpaired) electrons. The standard InChI is InChI=1S/C12H11Cl3FN3O3S/c13-12(14,15)10(18-8(20)5-16)19-11(23)17-7-4-2-1-3-6(7)9(21)22/h1-4,10H,5H2,(H,18,20)(H,21,22)(H2,17,19,23). The Morgan fingerprint density at radius 1 is 1.26 bits per heavy atom. The van der Waals surface area contributed by atoms with Crippen molar-refractivity contribution in [2.75, 3.05) is 12.0 Å². The Balaban J connectivity index is 2.84. The summed E-state index contributed by atoms with van der Waals surface area (Å²) >= 11 is 22.0. The molecule has 1 unspecified atom stereocenters. The average Bonchev–Trinajstić information content (AvgIpc) is 2.45. The molecule has 23 heavy (non-hydrogen) atoms. The third-order valence-corrected chi connectivity index (χ3v) is 3.31. The second-order valence-corrected chi connectivity index (χ2v) is 6.90.